The number of Topliss-reactive ketones (excluding diaryl/α,β-unsaturated/α-hetero) is 1. The molecule has 3 aliphatic rings. The van der Waals surface area contributed by atoms with Crippen LogP contribution in [0.15, 0.2) is 0 Å². The Balaban J connectivity index is 2.12. The maximum atomic E-state index is 12.7. The van der Waals surface area contributed by atoms with Gasteiger partial charge in [0.25, 0.3) is 0 Å². The summed E-state index contributed by atoms with van der Waals surface area (Å²) in [7, 11) is 0. The predicted octanol–water partition coefficient (Wildman–Crippen LogP) is 1.76. The Morgan fingerprint density at radius 1 is 1.06 bits per heavy atom. The minimum absolute atomic E-state index is 0.0916. The number of aliphatic hydroxyl groups is 2. The van der Waals surface area contributed by atoms with Gasteiger partial charge in [0, 0.05) is 0 Å². The Bertz CT molecular complexity index is 416. The zero-order valence-electron chi connectivity index (χ0n) is 11.7. The van der Waals surface area contributed by atoms with Gasteiger partial charge in [0.1, 0.15) is 5.78 Å². The van der Waals surface area contributed by atoms with E-state index in [0.717, 1.165) is 12.8 Å². The van der Waals surface area contributed by atoms with Crippen molar-refractivity contribution in [2.45, 2.75) is 59.2 Å². The standard InChI is InChI=1S/C15H24O3/c1-13(2)5-8-9(6-13)15(4)10(16)7-14(3,11(8)17)12(15)18/h8-11,16-17H,5-7H2,1-4H3/t8-,9+,10-,11-,14+,15+/m0/s1. The molecule has 0 heterocycles. The largest absolute Gasteiger partial charge is 0.392 e. The predicted molar refractivity (Wildman–Crippen MR) is 67.8 cm³/mol. The van der Waals surface area contributed by atoms with Crippen LogP contribution in [0.5, 0.6) is 0 Å². The summed E-state index contributed by atoms with van der Waals surface area (Å²) in [6, 6.07) is 0. The molecule has 3 fully saturated rings. The van der Waals surface area contributed by atoms with Crippen LogP contribution in [0.4, 0.5) is 0 Å². The first-order chi connectivity index (χ1) is 8.13. The van der Waals surface area contributed by atoms with Crippen molar-refractivity contribution < 1.29 is 15.0 Å². The first kappa shape index (κ1) is 12.6. The van der Waals surface area contributed by atoms with Gasteiger partial charge in [-0.3, -0.25) is 4.79 Å². The lowest BCUT2D eigenvalue weighted by atomic mass is 9.58. The molecule has 6 atom stereocenters. The molecule has 3 heteroatoms. The third-order valence-electron chi connectivity index (χ3n) is 6.22. The van der Waals surface area contributed by atoms with E-state index in [2.05, 4.69) is 13.8 Å². The molecule has 0 radical (unpaired) electrons. The summed E-state index contributed by atoms with van der Waals surface area (Å²) in [4.78, 5) is 12.7. The summed E-state index contributed by atoms with van der Waals surface area (Å²) < 4.78 is 0. The molecule has 3 saturated carbocycles. The maximum absolute atomic E-state index is 12.7. The van der Waals surface area contributed by atoms with Gasteiger partial charge in [-0.25, -0.2) is 0 Å². The van der Waals surface area contributed by atoms with E-state index in [1.807, 2.05) is 13.8 Å². The lowest BCUT2D eigenvalue weighted by Gasteiger charge is -2.46. The highest BCUT2D eigenvalue weighted by Crippen LogP contribution is 2.66. The molecule has 3 nitrogen and oxygen atoms in total. The maximum Gasteiger partial charge on any atom is 0.150 e. The van der Waals surface area contributed by atoms with Crippen LogP contribution in [0.2, 0.25) is 0 Å². The fourth-order valence-electron chi connectivity index (χ4n) is 5.21. The Morgan fingerprint density at radius 2 is 1.67 bits per heavy atom. The van der Waals surface area contributed by atoms with Gasteiger partial charge in [-0.15, -0.1) is 0 Å². The van der Waals surface area contributed by atoms with Crippen molar-refractivity contribution in [3.05, 3.63) is 0 Å². The summed E-state index contributed by atoms with van der Waals surface area (Å²) in [5.41, 5.74) is -1.19. The SMILES string of the molecule is CC1(C)C[C@H]2[C@@H](C1)[C@@]1(C)C(=O)[C@](C)(C[C@@H]1O)[C@H]2O. The van der Waals surface area contributed by atoms with Crippen molar-refractivity contribution in [3.8, 4) is 0 Å². The molecule has 2 bridgehead atoms. The second kappa shape index (κ2) is 3.18. The summed E-state index contributed by atoms with van der Waals surface area (Å²) in [5, 5.41) is 21.0. The van der Waals surface area contributed by atoms with Crippen LogP contribution in [0.1, 0.15) is 47.0 Å². The van der Waals surface area contributed by atoms with Crippen molar-refractivity contribution in [2.24, 2.45) is 28.1 Å². The molecule has 18 heavy (non-hydrogen) atoms. The molecular weight excluding hydrogens is 228 g/mol. The molecule has 3 aliphatic carbocycles. The van der Waals surface area contributed by atoms with E-state index in [0.29, 0.717) is 6.42 Å². The molecule has 0 spiro atoms. The van der Waals surface area contributed by atoms with Gasteiger partial charge < -0.3 is 10.2 Å². The molecule has 0 unspecified atom stereocenters. The fourth-order valence-corrected chi connectivity index (χ4v) is 5.21. The van der Waals surface area contributed by atoms with E-state index >= 15 is 0 Å². The normalized spacial score (nSPS) is 57.8. The summed E-state index contributed by atoms with van der Waals surface area (Å²) in [6.07, 6.45) is 1.15. The topological polar surface area (TPSA) is 57.5 Å². The van der Waals surface area contributed by atoms with Crippen LogP contribution in [-0.2, 0) is 4.79 Å². The van der Waals surface area contributed by atoms with Crippen molar-refractivity contribution in [3.63, 3.8) is 0 Å². The molecular formula is C15H24O3. The second-order valence-electron chi connectivity index (χ2n) is 8.04. The minimum Gasteiger partial charge on any atom is -0.392 e. The van der Waals surface area contributed by atoms with Gasteiger partial charge >= 0.3 is 0 Å². The lowest BCUT2D eigenvalue weighted by Crippen LogP contribution is -2.55. The number of rotatable bonds is 0. The molecule has 3 rings (SSSR count). The third-order valence-corrected chi connectivity index (χ3v) is 6.22. The average molecular weight is 252 g/mol. The smallest absolute Gasteiger partial charge is 0.150 e. The van der Waals surface area contributed by atoms with Crippen LogP contribution in [-0.4, -0.2) is 28.2 Å². The number of hydrogen-bond acceptors (Lipinski definition) is 3. The Hall–Kier alpha value is -0.410. The summed E-state index contributed by atoms with van der Waals surface area (Å²) in [6.45, 7) is 8.18. The molecule has 102 valence electrons. The van der Waals surface area contributed by atoms with E-state index in [4.69, 9.17) is 0 Å². The van der Waals surface area contributed by atoms with Crippen LogP contribution in [0.3, 0.4) is 0 Å². The lowest BCUT2D eigenvalue weighted by molar-refractivity contribution is -0.157. The molecule has 0 aromatic heterocycles. The van der Waals surface area contributed by atoms with Crippen LogP contribution >= 0.6 is 0 Å². The van der Waals surface area contributed by atoms with Crippen molar-refractivity contribution in [1.82, 2.24) is 0 Å². The molecule has 0 aliphatic heterocycles. The molecule has 0 aromatic rings. The Morgan fingerprint density at radius 3 is 2.28 bits per heavy atom. The van der Waals surface area contributed by atoms with Gasteiger partial charge in [-0.05, 0) is 43.4 Å². The third kappa shape index (κ3) is 1.20. The summed E-state index contributed by atoms with van der Waals surface area (Å²) in [5.74, 6) is 0.402. The number of carbonyl (C=O) groups is 1. The number of aliphatic hydroxyl groups excluding tert-OH is 2. The van der Waals surface area contributed by atoms with Crippen LogP contribution in [0.25, 0.3) is 0 Å². The number of carbonyl (C=O) groups excluding carboxylic acids is 1. The molecule has 0 saturated heterocycles. The Labute approximate surface area is 109 Å². The monoisotopic (exact) mass is 252 g/mol. The highest BCUT2D eigenvalue weighted by atomic mass is 16.3. The minimum atomic E-state index is -0.726. The van der Waals surface area contributed by atoms with Crippen LogP contribution < -0.4 is 0 Å². The van der Waals surface area contributed by atoms with Gasteiger partial charge in [0.05, 0.1) is 23.0 Å². The number of hydrogen-bond donors (Lipinski definition) is 2. The van der Waals surface area contributed by atoms with Crippen molar-refractivity contribution >= 4 is 5.78 Å². The van der Waals surface area contributed by atoms with Gasteiger partial charge in [0.15, 0.2) is 0 Å². The van der Waals surface area contributed by atoms with E-state index in [9.17, 15) is 15.0 Å². The highest BCUT2D eigenvalue weighted by molar-refractivity contribution is 5.94. The fraction of sp³-hybridized carbons (Fsp3) is 0.933. The first-order valence-electron chi connectivity index (χ1n) is 7.04. The average Bonchev–Trinajstić information content (AvgIpc) is 2.66. The van der Waals surface area contributed by atoms with Gasteiger partial charge in [-0.2, -0.15) is 0 Å². The van der Waals surface area contributed by atoms with Crippen molar-refractivity contribution in [2.75, 3.05) is 0 Å². The van der Waals surface area contributed by atoms with Gasteiger partial charge in [-0.1, -0.05) is 20.8 Å². The van der Waals surface area contributed by atoms with E-state index in [-0.39, 0.29) is 23.0 Å². The van der Waals surface area contributed by atoms with Crippen molar-refractivity contribution in [1.29, 1.82) is 0 Å². The molecule has 0 aromatic carbocycles. The second-order valence-corrected chi connectivity index (χ2v) is 8.04. The van der Waals surface area contributed by atoms with Crippen LogP contribution in [0, 0.1) is 28.1 Å². The summed E-state index contributed by atoms with van der Waals surface area (Å²) >= 11 is 0. The highest BCUT2D eigenvalue weighted by Gasteiger charge is 2.71. The Kier molecular flexibility index (Phi) is 2.23. The number of fused-ring (bicyclic) bond motifs is 4. The van der Waals surface area contributed by atoms with E-state index in [1.54, 1.807) is 0 Å². The number of ketones is 1. The van der Waals surface area contributed by atoms with E-state index < -0.39 is 23.0 Å². The molecule has 2 N–H and O–H groups in total. The quantitative estimate of drug-likeness (QED) is 0.690. The zero-order valence-corrected chi connectivity index (χ0v) is 11.7. The molecule has 0 amide bonds. The van der Waals surface area contributed by atoms with E-state index in [1.165, 1.54) is 0 Å². The first-order valence-corrected chi connectivity index (χ1v) is 7.04. The van der Waals surface area contributed by atoms with Gasteiger partial charge in [0.2, 0.25) is 0 Å². The zero-order chi connectivity index (χ0) is 13.5.